The van der Waals surface area contributed by atoms with Crippen LogP contribution in [0.3, 0.4) is 0 Å². The first-order valence-corrected chi connectivity index (χ1v) is 9.94. The molecule has 0 spiro atoms. The fourth-order valence-electron chi connectivity index (χ4n) is 2.65. The Morgan fingerprint density at radius 1 is 1.21 bits per heavy atom. The first-order chi connectivity index (χ1) is 11.3. The van der Waals surface area contributed by atoms with Crippen molar-refractivity contribution in [2.24, 2.45) is 0 Å². The summed E-state index contributed by atoms with van der Waals surface area (Å²) in [7, 11) is -3.29. The summed E-state index contributed by atoms with van der Waals surface area (Å²) in [5.74, 6) is -0.859. The van der Waals surface area contributed by atoms with E-state index in [4.69, 9.17) is 4.74 Å². The van der Waals surface area contributed by atoms with Crippen LogP contribution in [-0.2, 0) is 24.2 Å². The lowest BCUT2D eigenvalue weighted by Crippen LogP contribution is -2.22. The van der Waals surface area contributed by atoms with Crippen molar-refractivity contribution in [3.05, 3.63) is 35.9 Å². The Hall–Kier alpha value is -1.95. The fourth-order valence-corrected chi connectivity index (χ4v) is 3.33. The fraction of sp³-hybridized carbons (Fsp3) is 0.444. The third-order valence-corrected chi connectivity index (χ3v) is 5.03. The summed E-state index contributed by atoms with van der Waals surface area (Å²) in [4.78, 5) is 23.8. The lowest BCUT2D eigenvalue weighted by molar-refractivity contribution is -0.151. The first-order valence-electron chi connectivity index (χ1n) is 8.05. The van der Waals surface area contributed by atoms with Gasteiger partial charge in [0.05, 0.1) is 4.90 Å². The standard InChI is InChI=1S/C18H22O5S/c1-24(21,22)17-9-5-6-14(12-17)10-11-15(19)13-18(20)23-16-7-3-2-4-8-16/h5-6,9-12,16H,2-4,7-8,13H2,1H3. The first kappa shape index (κ1) is 18.4. The minimum Gasteiger partial charge on any atom is -0.462 e. The highest BCUT2D eigenvalue weighted by Gasteiger charge is 2.18. The lowest BCUT2D eigenvalue weighted by Gasteiger charge is -2.21. The largest absolute Gasteiger partial charge is 0.462 e. The van der Waals surface area contributed by atoms with Crippen molar-refractivity contribution < 1.29 is 22.7 Å². The van der Waals surface area contributed by atoms with Gasteiger partial charge in [0.2, 0.25) is 0 Å². The molecule has 0 unspecified atom stereocenters. The van der Waals surface area contributed by atoms with E-state index < -0.39 is 15.8 Å². The molecule has 1 aromatic carbocycles. The average molecular weight is 350 g/mol. The van der Waals surface area contributed by atoms with E-state index in [-0.39, 0.29) is 23.2 Å². The number of rotatable bonds is 6. The highest BCUT2D eigenvalue weighted by molar-refractivity contribution is 7.90. The van der Waals surface area contributed by atoms with E-state index in [1.165, 1.54) is 30.7 Å². The molecule has 0 amide bonds. The van der Waals surface area contributed by atoms with Crippen LogP contribution >= 0.6 is 0 Å². The molecule has 0 saturated heterocycles. The zero-order chi connectivity index (χ0) is 17.6. The summed E-state index contributed by atoms with van der Waals surface area (Å²) >= 11 is 0. The average Bonchev–Trinajstić information content (AvgIpc) is 2.53. The number of benzene rings is 1. The molecule has 1 fully saturated rings. The molecule has 0 aromatic heterocycles. The number of esters is 1. The summed E-state index contributed by atoms with van der Waals surface area (Å²) < 4.78 is 28.3. The van der Waals surface area contributed by atoms with Crippen molar-refractivity contribution >= 4 is 27.7 Å². The van der Waals surface area contributed by atoms with Crippen LogP contribution in [0.15, 0.2) is 35.2 Å². The molecule has 0 atom stereocenters. The second-order valence-corrected chi connectivity index (χ2v) is 8.09. The van der Waals surface area contributed by atoms with Gasteiger partial charge >= 0.3 is 5.97 Å². The topological polar surface area (TPSA) is 77.5 Å². The summed E-state index contributed by atoms with van der Waals surface area (Å²) in [6.07, 6.45) is 8.58. The van der Waals surface area contributed by atoms with E-state index in [9.17, 15) is 18.0 Å². The van der Waals surface area contributed by atoms with Crippen molar-refractivity contribution in [1.82, 2.24) is 0 Å². The molecule has 2 rings (SSSR count). The molecular formula is C18H22O5S. The summed E-state index contributed by atoms with van der Waals surface area (Å²) in [6, 6.07) is 6.28. The summed E-state index contributed by atoms with van der Waals surface area (Å²) in [5, 5.41) is 0. The number of sulfone groups is 1. The molecule has 0 aliphatic heterocycles. The van der Waals surface area contributed by atoms with Gasteiger partial charge in [0.1, 0.15) is 12.5 Å². The smallest absolute Gasteiger partial charge is 0.313 e. The number of ether oxygens (including phenoxy) is 1. The van der Waals surface area contributed by atoms with Gasteiger partial charge in [-0.25, -0.2) is 8.42 Å². The van der Waals surface area contributed by atoms with E-state index in [1.807, 2.05) is 0 Å². The van der Waals surface area contributed by atoms with Crippen LogP contribution in [0.5, 0.6) is 0 Å². The molecule has 130 valence electrons. The van der Waals surface area contributed by atoms with Crippen LogP contribution in [0, 0.1) is 0 Å². The van der Waals surface area contributed by atoms with Gasteiger partial charge in [0.15, 0.2) is 15.6 Å². The normalized spacial score (nSPS) is 16.2. The Labute approximate surface area is 142 Å². The van der Waals surface area contributed by atoms with Gasteiger partial charge in [-0.3, -0.25) is 9.59 Å². The quantitative estimate of drug-likeness (QED) is 0.448. The molecule has 0 heterocycles. The Balaban J connectivity index is 1.89. The number of ketones is 1. The molecule has 0 N–H and O–H groups in total. The minimum atomic E-state index is -3.29. The molecule has 1 aliphatic rings. The zero-order valence-corrected chi connectivity index (χ0v) is 14.6. The molecule has 1 saturated carbocycles. The van der Waals surface area contributed by atoms with E-state index in [1.54, 1.807) is 12.1 Å². The van der Waals surface area contributed by atoms with Gasteiger partial charge in [0, 0.05) is 6.26 Å². The van der Waals surface area contributed by atoms with Crippen LogP contribution in [0.1, 0.15) is 44.1 Å². The van der Waals surface area contributed by atoms with E-state index >= 15 is 0 Å². The number of carbonyl (C=O) groups excluding carboxylic acids is 2. The maximum Gasteiger partial charge on any atom is 0.313 e. The molecule has 24 heavy (non-hydrogen) atoms. The zero-order valence-electron chi connectivity index (χ0n) is 13.7. The molecule has 0 bridgehead atoms. The molecular weight excluding hydrogens is 328 g/mol. The Kier molecular flexibility index (Phi) is 6.31. The van der Waals surface area contributed by atoms with E-state index in [0.717, 1.165) is 31.9 Å². The van der Waals surface area contributed by atoms with Gasteiger partial charge < -0.3 is 4.74 Å². The van der Waals surface area contributed by atoms with Gasteiger partial charge in [-0.1, -0.05) is 24.6 Å². The molecule has 6 heteroatoms. The van der Waals surface area contributed by atoms with Crippen molar-refractivity contribution in [3.8, 4) is 0 Å². The lowest BCUT2D eigenvalue weighted by atomic mass is 9.98. The number of hydrogen-bond donors (Lipinski definition) is 0. The summed E-state index contributed by atoms with van der Waals surface area (Å²) in [6.45, 7) is 0. The third kappa shape index (κ3) is 5.92. The number of hydrogen-bond acceptors (Lipinski definition) is 5. The van der Waals surface area contributed by atoms with Crippen LogP contribution in [0.25, 0.3) is 6.08 Å². The van der Waals surface area contributed by atoms with E-state index in [0.29, 0.717) is 5.56 Å². The van der Waals surface area contributed by atoms with Gasteiger partial charge in [-0.05, 0) is 49.5 Å². The van der Waals surface area contributed by atoms with Gasteiger partial charge in [0.25, 0.3) is 0 Å². The number of carbonyl (C=O) groups is 2. The maximum atomic E-state index is 11.8. The van der Waals surface area contributed by atoms with Crippen molar-refractivity contribution in [3.63, 3.8) is 0 Å². The van der Waals surface area contributed by atoms with Crippen molar-refractivity contribution in [2.45, 2.75) is 49.5 Å². The Bertz CT molecular complexity index is 728. The minimum absolute atomic E-state index is 0.0607. The molecule has 0 radical (unpaired) electrons. The van der Waals surface area contributed by atoms with Gasteiger partial charge in [-0.15, -0.1) is 0 Å². The predicted octanol–water partition coefficient (Wildman–Crippen LogP) is 2.94. The highest BCUT2D eigenvalue weighted by atomic mass is 32.2. The molecule has 1 aromatic rings. The van der Waals surface area contributed by atoms with Crippen molar-refractivity contribution in [2.75, 3.05) is 6.26 Å². The SMILES string of the molecule is CS(=O)(=O)c1cccc(C=CC(=O)CC(=O)OC2CCCCC2)c1. The third-order valence-electron chi connectivity index (χ3n) is 3.92. The van der Waals surface area contributed by atoms with Crippen LogP contribution in [0.2, 0.25) is 0 Å². The van der Waals surface area contributed by atoms with Crippen LogP contribution < -0.4 is 0 Å². The van der Waals surface area contributed by atoms with Crippen LogP contribution in [0.4, 0.5) is 0 Å². The monoisotopic (exact) mass is 350 g/mol. The maximum absolute atomic E-state index is 11.8. The second kappa shape index (κ2) is 8.24. The Morgan fingerprint density at radius 3 is 2.58 bits per heavy atom. The van der Waals surface area contributed by atoms with Crippen molar-refractivity contribution in [1.29, 1.82) is 0 Å². The predicted molar refractivity (Wildman–Crippen MR) is 91.2 cm³/mol. The molecule has 5 nitrogen and oxygen atoms in total. The van der Waals surface area contributed by atoms with Crippen LogP contribution in [-0.4, -0.2) is 32.5 Å². The van der Waals surface area contributed by atoms with E-state index in [2.05, 4.69) is 0 Å². The number of allylic oxidation sites excluding steroid dienone is 1. The highest BCUT2D eigenvalue weighted by Crippen LogP contribution is 2.20. The summed E-state index contributed by atoms with van der Waals surface area (Å²) in [5.41, 5.74) is 0.590. The Morgan fingerprint density at radius 2 is 1.92 bits per heavy atom. The molecule has 1 aliphatic carbocycles. The van der Waals surface area contributed by atoms with Gasteiger partial charge in [-0.2, -0.15) is 0 Å². The second-order valence-electron chi connectivity index (χ2n) is 6.07.